The van der Waals surface area contributed by atoms with E-state index in [1.807, 2.05) is 19.1 Å². The van der Waals surface area contributed by atoms with Crippen LogP contribution in [0.15, 0.2) is 28.7 Å². The molecule has 0 saturated carbocycles. The van der Waals surface area contributed by atoms with E-state index < -0.39 is 0 Å². The van der Waals surface area contributed by atoms with Gasteiger partial charge in [-0.15, -0.1) is 11.3 Å². The molecule has 0 nitrogen and oxygen atoms in total. The minimum Gasteiger partial charge on any atom is -0.207 e. The van der Waals surface area contributed by atoms with Gasteiger partial charge in [-0.2, -0.15) is 0 Å². The lowest BCUT2D eigenvalue weighted by atomic mass is 10.1. The van der Waals surface area contributed by atoms with Crippen LogP contribution >= 0.6 is 54.8 Å². The number of halogens is 4. The molecule has 17 heavy (non-hydrogen) atoms. The lowest BCUT2D eigenvalue weighted by Crippen LogP contribution is -1.94. The first-order chi connectivity index (χ1) is 7.99. The van der Waals surface area contributed by atoms with Crippen LogP contribution in [0.2, 0.25) is 4.34 Å². The average Bonchev–Trinajstić information content (AvgIpc) is 2.58. The van der Waals surface area contributed by atoms with Crippen LogP contribution in [0.25, 0.3) is 0 Å². The van der Waals surface area contributed by atoms with E-state index in [2.05, 4.69) is 31.9 Å². The molecule has 0 aliphatic rings. The summed E-state index contributed by atoms with van der Waals surface area (Å²) in [5, 5.41) is 0. The van der Waals surface area contributed by atoms with Gasteiger partial charge in [-0.3, -0.25) is 0 Å². The van der Waals surface area contributed by atoms with Crippen LogP contribution in [0.4, 0.5) is 4.39 Å². The highest BCUT2D eigenvalue weighted by Gasteiger charge is 2.18. The molecule has 0 fully saturated rings. The van der Waals surface area contributed by atoms with Crippen LogP contribution in [0, 0.1) is 12.7 Å². The molecule has 0 saturated heterocycles. The Kier molecular flexibility index (Phi) is 4.29. The second-order valence-corrected chi connectivity index (χ2v) is 7.15. The first-order valence-corrected chi connectivity index (χ1v) is 7.74. The maximum absolute atomic E-state index is 13.8. The van der Waals surface area contributed by atoms with E-state index in [4.69, 9.17) is 11.6 Å². The Morgan fingerprint density at radius 3 is 2.59 bits per heavy atom. The van der Waals surface area contributed by atoms with E-state index in [0.717, 1.165) is 19.2 Å². The molecule has 0 spiro atoms. The van der Waals surface area contributed by atoms with E-state index in [0.29, 0.717) is 5.56 Å². The minimum absolute atomic E-state index is 0.160. The molecule has 0 aliphatic heterocycles. The molecule has 2 rings (SSSR count). The fourth-order valence-corrected chi connectivity index (χ4v) is 3.80. The summed E-state index contributed by atoms with van der Waals surface area (Å²) in [5.74, 6) is -0.233. The molecular formula is C12H8Br2ClFS. The maximum atomic E-state index is 13.8. The lowest BCUT2D eigenvalue weighted by molar-refractivity contribution is 0.613. The zero-order valence-electron chi connectivity index (χ0n) is 8.81. The molecule has 1 atom stereocenters. The van der Waals surface area contributed by atoms with Gasteiger partial charge in [0, 0.05) is 14.9 Å². The van der Waals surface area contributed by atoms with Crippen LogP contribution < -0.4 is 0 Å². The minimum atomic E-state index is -0.233. The molecule has 90 valence electrons. The van der Waals surface area contributed by atoms with Crippen molar-refractivity contribution in [3.63, 3.8) is 0 Å². The summed E-state index contributed by atoms with van der Waals surface area (Å²) >= 11 is 14.2. The third kappa shape index (κ3) is 2.92. The van der Waals surface area contributed by atoms with Crippen molar-refractivity contribution < 1.29 is 4.39 Å². The van der Waals surface area contributed by atoms with Crippen molar-refractivity contribution >= 4 is 54.8 Å². The quantitative estimate of drug-likeness (QED) is 0.537. The van der Waals surface area contributed by atoms with Crippen molar-refractivity contribution in [2.45, 2.75) is 11.8 Å². The highest BCUT2D eigenvalue weighted by molar-refractivity contribution is 9.10. The number of alkyl halides is 1. The monoisotopic (exact) mass is 396 g/mol. The molecule has 0 radical (unpaired) electrons. The largest absolute Gasteiger partial charge is 0.207 e. The van der Waals surface area contributed by atoms with Crippen molar-refractivity contribution in [3.05, 3.63) is 54.9 Å². The number of benzene rings is 1. The Morgan fingerprint density at radius 1 is 1.35 bits per heavy atom. The van der Waals surface area contributed by atoms with Crippen LogP contribution in [0.3, 0.4) is 0 Å². The van der Waals surface area contributed by atoms with Crippen molar-refractivity contribution in [1.29, 1.82) is 0 Å². The summed E-state index contributed by atoms with van der Waals surface area (Å²) in [6, 6.07) is 7.04. The molecule has 1 heterocycles. The maximum Gasteiger partial charge on any atom is 0.129 e. The predicted octanol–water partition coefficient (Wildman–Crippen LogP) is 6.10. The summed E-state index contributed by atoms with van der Waals surface area (Å²) in [5.41, 5.74) is 1.64. The fraction of sp³-hybridized carbons (Fsp3) is 0.167. The second kappa shape index (κ2) is 5.39. The van der Waals surface area contributed by atoms with Gasteiger partial charge in [0.25, 0.3) is 0 Å². The Hall–Kier alpha value is 0.1000. The van der Waals surface area contributed by atoms with E-state index in [1.54, 1.807) is 6.07 Å². The summed E-state index contributed by atoms with van der Waals surface area (Å²) in [6.45, 7) is 1.94. The van der Waals surface area contributed by atoms with Crippen LogP contribution in [0.1, 0.15) is 20.8 Å². The van der Waals surface area contributed by atoms with Crippen LogP contribution in [-0.4, -0.2) is 0 Å². The number of rotatable bonds is 2. The van der Waals surface area contributed by atoms with E-state index in [1.165, 1.54) is 17.4 Å². The first kappa shape index (κ1) is 13.5. The lowest BCUT2D eigenvalue weighted by Gasteiger charge is -2.09. The molecule has 1 unspecified atom stereocenters. The zero-order valence-corrected chi connectivity index (χ0v) is 13.6. The van der Waals surface area contributed by atoms with Gasteiger partial charge in [0.05, 0.1) is 9.16 Å². The predicted molar refractivity (Wildman–Crippen MR) is 78.9 cm³/mol. The average molecular weight is 399 g/mol. The Balaban J connectivity index is 2.39. The van der Waals surface area contributed by atoms with Gasteiger partial charge in [0.1, 0.15) is 5.82 Å². The molecule has 2 aromatic rings. The second-order valence-electron chi connectivity index (χ2n) is 3.63. The summed E-state index contributed by atoms with van der Waals surface area (Å²) in [7, 11) is 0. The first-order valence-electron chi connectivity index (χ1n) is 4.84. The van der Waals surface area contributed by atoms with Gasteiger partial charge in [-0.05, 0) is 30.7 Å². The fourth-order valence-electron chi connectivity index (χ4n) is 1.47. The number of hydrogen-bond donors (Lipinski definition) is 0. The molecule has 0 aliphatic carbocycles. The van der Waals surface area contributed by atoms with Gasteiger partial charge in [0.15, 0.2) is 0 Å². The van der Waals surface area contributed by atoms with Gasteiger partial charge in [-0.25, -0.2) is 4.39 Å². The van der Waals surface area contributed by atoms with Gasteiger partial charge < -0.3 is 0 Å². The number of aryl methyl sites for hydroxylation is 1. The van der Waals surface area contributed by atoms with E-state index in [9.17, 15) is 4.39 Å². The van der Waals surface area contributed by atoms with Crippen LogP contribution in [0.5, 0.6) is 0 Å². The zero-order chi connectivity index (χ0) is 12.6. The van der Waals surface area contributed by atoms with Gasteiger partial charge >= 0.3 is 0 Å². The molecule has 0 bridgehead atoms. The van der Waals surface area contributed by atoms with Crippen molar-refractivity contribution in [3.8, 4) is 0 Å². The Morgan fingerprint density at radius 2 is 2.06 bits per heavy atom. The van der Waals surface area contributed by atoms with Crippen molar-refractivity contribution in [2.24, 2.45) is 0 Å². The highest BCUT2D eigenvalue weighted by Crippen LogP contribution is 2.40. The summed E-state index contributed by atoms with van der Waals surface area (Å²) in [6.07, 6.45) is 0. The molecular weight excluding hydrogens is 390 g/mol. The van der Waals surface area contributed by atoms with E-state index in [-0.39, 0.29) is 10.6 Å². The third-order valence-corrected chi connectivity index (χ3v) is 5.76. The molecule has 1 aromatic carbocycles. The Bertz CT molecular complexity index is 534. The number of hydrogen-bond acceptors (Lipinski definition) is 1. The molecule has 0 N–H and O–H groups in total. The van der Waals surface area contributed by atoms with Crippen molar-refractivity contribution in [1.82, 2.24) is 0 Å². The number of thiophene rings is 1. The van der Waals surface area contributed by atoms with Gasteiger partial charge in [0.2, 0.25) is 0 Å². The normalized spacial score (nSPS) is 12.8. The van der Waals surface area contributed by atoms with Crippen molar-refractivity contribution in [2.75, 3.05) is 0 Å². The summed E-state index contributed by atoms with van der Waals surface area (Å²) < 4.78 is 15.3. The van der Waals surface area contributed by atoms with E-state index >= 15 is 0 Å². The molecule has 1 aromatic heterocycles. The van der Waals surface area contributed by atoms with Crippen LogP contribution in [-0.2, 0) is 0 Å². The SMILES string of the molecule is Cc1cc(C(Br)c2ccc(Br)cc2F)sc1Cl. The topological polar surface area (TPSA) is 0 Å². The molecule has 0 amide bonds. The van der Waals surface area contributed by atoms with Gasteiger partial charge in [-0.1, -0.05) is 49.5 Å². The third-order valence-electron chi connectivity index (χ3n) is 2.36. The smallest absolute Gasteiger partial charge is 0.129 e. The summed E-state index contributed by atoms with van der Waals surface area (Å²) in [4.78, 5) is 0.848. The molecule has 5 heteroatoms. The standard InChI is InChI=1S/C12H8Br2ClFS/c1-6-4-10(17-12(6)15)11(14)8-3-2-7(13)5-9(8)16/h2-5,11H,1H3. The highest BCUT2D eigenvalue weighted by atomic mass is 79.9. The Labute approximate surface area is 125 Å².